The van der Waals surface area contributed by atoms with Gasteiger partial charge in [-0.15, -0.1) is 0 Å². The van der Waals surface area contributed by atoms with Crippen LogP contribution in [0.2, 0.25) is 0 Å². The fraction of sp³-hybridized carbons (Fsp3) is 0.556. The number of likely N-dealkylation sites (tertiary alicyclic amines) is 1. The summed E-state index contributed by atoms with van der Waals surface area (Å²) >= 11 is 0. The summed E-state index contributed by atoms with van der Waals surface area (Å²) < 4.78 is 5.64. The number of amides is 1. The number of aromatic nitrogens is 1. The molecule has 42 heavy (non-hydrogen) atoms. The van der Waals surface area contributed by atoms with Crippen LogP contribution in [0.4, 0.5) is 0 Å². The SMILES string of the molecule is CC/C=C\CC=CCC=CC/C=C\C/C=C\CCCCNCCOCCNC(=O)c1ccc(CCN2CCCC2)nc1. The summed E-state index contributed by atoms with van der Waals surface area (Å²) in [7, 11) is 0. The van der Waals surface area contributed by atoms with Gasteiger partial charge in [-0.05, 0) is 96.0 Å². The Kier molecular flexibility index (Phi) is 21.8. The van der Waals surface area contributed by atoms with Gasteiger partial charge in [-0.25, -0.2) is 0 Å². The smallest absolute Gasteiger partial charge is 0.252 e. The molecule has 0 aromatic carbocycles. The number of allylic oxidation sites excluding steroid dienone is 10. The van der Waals surface area contributed by atoms with Crippen LogP contribution in [0.15, 0.2) is 79.1 Å². The monoisotopic (exact) mass is 576 g/mol. The van der Waals surface area contributed by atoms with Crippen molar-refractivity contribution in [3.8, 4) is 0 Å². The van der Waals surface area contributed by atoms with Crippen LogP contribution in [0.1, 0.15) is 87.2 Å². The molecule has 2 rings (SSSR count). The van der Waals surface area contributed by atoms with Gasteiger partial charge in [0.2, 0.25) is 0 Å². The third-order valence-electron chi connectivity index (χ3n) is 7.06. The Balaban J connectivity index is 1.33. The van der Waals surface area contributed by atoms with Crippen LogP contribution >= 0.6 is 0 Å². The molecule has 6 heteroatoms. The summed E-state index contributed by atoms with van der Waals surface area (Å²) in [5.41, 5.74) is 1.65. The largest absolute Gasteiger partial charge is 0.378 e. The average molecular weight is 577 g/mol. The number of carbonyl (C=O) groups excluding carboxylic acids is 1. The number of hydrogen-bond acceptors (Lipinski definition) is 5. The van der Waals surface area contributed by atoms with E-state index in [4.69, 9.17) is 4.74 Å². The van der Waals surface area contributed by atoms with Crippen molar-refractivity contribution in [2.24, 2.45) is 0 Å². The number of pyridine rings is 1. The van der Waals surface area contributed by atoms with Crippen molar-refractivity contribution in [1.29, 1.82) is 0 Å². The normalized spacial score (nSPS) is 14.6. The predicted molar refractivity (Wildman–Crippen MR) is 178 cm³/mol. The second-order valence-corrected chi connectivity index (χ2v) is 10.7. The van der Waals surface area contributed by atoms with E-state index < -0.39 is 0 Å². The van der Waals surface area contributed by atoms with E-state index in [1.165, 1.54) is 32.4 Å². The van der Waals surface area contributed by atoms with Crippen molar-refractivity contribution >= 4 is 5.91 Å². The van der Waals surface area contributed by atoms with Crippen molar-refractivity contribution in [1.82, 2.24) is 20.5 Å². The lowest BCUT2D eigenvalue weighted by atomic mass is 10.2. The van der Waals surface area contributed by atoms with Crippen molar-refractivity contribution in [3.05, 3.63) is 90.3 Å². The first kappa shape index (κ1) is 35.4. The van der Waals surface area contributed by atoms with E-state index >= 15 is 0 Å². The minimum absolute atomic E-state index is 0.0946. The van der Waals surface area contributed by atoms with Crippen molar-refractivity contribution < 1.29 is 9.53 Å². The maximum absolute atomic E-state index is 12.3. The first-order valence-corrected chi connectivity index (χ1v) is 16.3. The zero-order valence-corrected chi connectivity index (χ0v) is 26.2. The summed E-state index contributed by atoms with van der Waals surface area (Å²) in [4.78, 5) is 19.3. The third-order valence-corrected chi connectivity index (χ3v) is 7.06. The highest BCUT2D eigenvalue weighted by atomic mass is 16.5. The average Bonchev–Trinajstić information content (AvgIpc) is 3.54. The molecule has 0 atom stereocenters. The molecular weight excluding hydrogens is 520 g/mol. The van der Waals surface area contributed by atoms with E-state index in [1.807, 2.05) is 12.1 Å². The molecule has 1 amide bonds. The van der Waals surface area contributed by atoms with Crippen LogP contribution in [0.3, 0.4) is 0 Å². The van der Waals surface area contributed by atoms with Crippen LogP contribution in [-0.4, -0.2) is 68.3 Å². The number of nitrogens with zero attached hydrogens (tertiary/aromatic N) is 2. The summed E-state index contributed by atoms with van der Waals surface area (Å²) in [6.45, 7) is 9.12. The maximum Gasteiger partial charge on any atom is 0.252 e. The summed E-state index contributed by atoms with van der Waals surface area (Å²) in [6, 6.07) is 3.84. The number of ether oxygens (including phenoxy) is 1. The molecule has 1 saturated heterocycles. The molecule has 232 valence electrons. The zero-order valence-electron chi connectivity index (χ0n) is 26.2. The molecule has 0 saturated carbocycles. The lowest BCUT2D eigenvalue weighted by Crippen LogP contribution is -2.28. The Morgan fingerprint density at radius 3 is 2.12 bits per heavy atom. The minimum Gasteiger partial charge on any atom is -0.378 e. The molecule has 1 aliphatic heterocycles. The first-order chi connectivity index (χ1) is 20.8. The molecule has 2 heterocycles. The summed E-state index contributed by atoms with van der Waals surface area (Å²) in [5, 5.41) is 6.34. The van der Waals surface area contributed by atoms with Crippen LogP contribution in [0, 0.1) is 0 Å². The van der Waals surface area contributed by atoms with E-state index in [2.05, 4.69) is 88.2 Å². The second kappa shape index (κ2) is 25.9. The van der Waals surface area contributed by atoms with E-state index in [9.17, 15) is 4.79 Å². The van der Waals surface area contributed by atoms with E-state index in [1.54, 1.807) is 6.20 Å². The Bertz CT molecular complexity index is 944. The maximum atomic E-state index is 12.3. The Hall–Kier alpha value is -2.80. The molecule has 1 aromatic heterocycles. The van der Waals surface area contributed by atoms with Gasteiger partial charge in [-0.2, -0.15) is 0 Å². The molecule has 6 nitrogen and oxygen atoms in total. The molecule has 1 aromatic rings. The first-order valence-electron chi connectivity index (χ1n) is 16.3. The van der Waals surface area contributed by atoms with Gasteiger partial charge in [-0.1, -0.05) is 67.7 Å². The van der Waals surface area contributed by atoms with Gasteiger partial charge in [0.15, 0.2) is 0 Å². The Labute approximate surface area is 256 Å². The van der Waals surface area contributed by atoms with Crippen LogP contribution in [-0.2, 0) is 11.2 Å². The summed E-state index contributed by atoms with van der Waals surface area (Å²) in [6.07, 6.45) is 36.3. The van der Waals surface area contributed by atoms with Crippen LogP contribution < -0.4 is 10.6 Å². The van der Waals surface area contributed by atoms with E-state index in [0.29, 0.717) is 25.3 Å². The van der Waals surface area contributed by atoms with Crippen molar-refractivity contribution in [3.63, 3.8) is 0 Å². The van der Waals surface area contributed by atoms with Gasteiger partial charge in [0, 0.05) is 37.9 Å². The highest BCUT2D eigenvalue weighted by Gasteiger charge is 2.11. The zero-order chi connectivity index (χ0) is 29.8. The van der Waals surface area contributed by atoms with Gasteiger partial charge in [0.25, 0.3) is 5.91 Å². The number of nitrogens with one attached hydrogen (secondary N) is 2. The van der Waals surface area contributed by atoms with E-state index in [-0.39, 0.29) is 5.91 Å². The van der Waals surface area contributed by atoms with Gasteiger partial charge in [-0.3, -0.25) is 9.78 Å². The van der Waals surface area contributed by atoms with Gasteiger partial charge in [0.1, 0.15) is 0 Å². The minimum atomic E-state index is -0.0946. The highest BCUT2D eigenvalue weighted by molar-refractivity contribution is 5.93. The molecule has 1 aliphatic rings. The van der Waals surface area contributed by atoms with Gasteiger partial charge >= 0.3 is 0 Å². The van der Waals surface area contributed by atoms with Gasteiger partial charge in [0.05, 0.1) is 18.8 Å². The quantitative estimate of drug-likeness (QED) is 0.103. The molecule has 0 aliphatic carbocycles. The Morgan fingerprint density at radius 1 is 0.833 bits per heavy atom. The molecule has 2 N–H and O–H groups in total. The fourth-order valence-corrected chi connectivity index (χ4v) is 4.58. The topological polar surface area (TPSA) is 66.5 Å². The highest BCUT2D eigenvalue weighted by Crippen LogP contribution is 2.09. The van der Waals surface area contributed by atoms with Crippen molar-refractivity contribution in [2.45, 2.75) is 77.6 Å². The van der Waals surface area contributed by atoms with Crippen LogP contribution in [0.5, 0.6) is 0 Å². The molecular formula is C36H56N4O2. The second-order valence-electron chi connectivity index (χ2n) is 10.7. The molecule has 0 unspecified atom stereocenters. The number of carbonyl (C=O) groups is 1. The van der Waals surface area contributed by atoms with E-state index in [0.717, 1.165) is 76.7 Å². The lowest BCUT2D eigenvalue weighted by Gasteiger charge is -2.13. The standard InChI is InChI=1S/C36H56N4O2/c1-2-3-4-5-6-7-8-9-10-11-12-13-14-15-16-17-18-19-25-37-26-31-42-32-27-38-36(41)34-22-23-35(39-33-34)24-30-40-28-20-21-29-40/h3-4,6-7,9-10,12-13,15-16,22-23,33,37H,2,5,8,11,14,17-21,24-32H2,1H3,(H,38,41)/b4-3-,7-6?,10-9?,13-12-,16-15-. The number of rotatable bonds is 24. The van der Waals surface area contributed by atoms with Crippen LogP contribution in [0.25, 0.3) is 0 Å². The van der Waals surface area contributed by atoms with Gasteiger partial charge < -0.3 is 20.3 Å². The Morgan fingerprint density at radius 2 is 1.48 bits per heavy atom. The predicted octanol–water partition coefficient (Wildman–Crippen LogP) is 6.98. The third kappa shape index (κ3) is 19.3. The number of unbranched alkanes of at least 4 members (excludes halogenated alkanes) is 2. The molecule has 0 spiro atoms. The fourth-order valence-electron chi connectivity index (χ4n) is 4.58. The number of hydrogen-bond donors (Lipinski definition) is 2. The lowest BCUT2D eigenvalue weighted by molar-refractivity contribution is 0.0916. The molecule has 0 bridgehead atoms. The van der Waals surface area contributed by atoms with Crippen molar-refractivity contribution in [2.75, 3.05) is 52.5 Å². The molecule has 1 fully saturated rings. The molecule has 0 radical (unpaired) electrons. The summed E-state index contributed by atoms with van der Waals surface area (Å²) in [5.74, 6) is -0.0946.